The van der Waals surface area contributed by atoms with Crippen LogP contribution in [0.25, 0.3) is 0 Å². The van der Waals surface area contributed by atoms with Crippen LogP contribution in [0.5, 0.6) is 0 Å². The van der Waals surface area contributed by atoms with Crippen LogP contribution in [-0.4, -0.2) is 5.91 Å². The molecule has 0 aromatic heterocycles. The van der Waals surface area contributed by atoms with Crippen molar-refractivity contribution in [3.63, 3.8) is 0 Å². The van der Waals surface area contributed by atoms with E-state index in [1.54, 1.807) is 0 Å². The summed E-state index contributed by atoms with van der Waals surface area (Å²) in [7, 11) is 0. The number of benzene rings is 2. The molecule has 1 amide bonds. The molecule has 0 atom stereocenters. The van der Waals surface area contributed by atoms with Crippen LogP contribution < -0.4 is 5.32 Å². The molecule has 0 spiro atoms. The summed E-state index contributed by atoms with van der Waals surface area (Å²) in [6, 6.07) is 13.4. The first-order chi connectivity index (χ1) is 9.56. The first-order valence-electron chi connectivity index (χ1n) is 6.35. The molecule has 0 aliphatic heterocycles. The Bertz CT molecular complexity index is 628. The minimum absolute atomic E-state index is 0.0190. The molecule has 2 rings (SSSR count). The second-order valence-electron chi connectivity index (χ2n) is 4.62. The Balaban J connectivity index is 1.94. The standard InChI is InChI=1S/C16H15BrClNO/c1-11-6-8-15(13(17)10-11)19-16(20)9-7-12-4-2-3-5-14(12)18/h2-6,8,10H,7,9H2,1H3,(H,19,20). The highest BCUT2D eigenvalue weighted by Crippen LogP contribution is 2.24. The molecule has 2 nitrogen and oxygen atoms in total. The van der Waals surface area contributed by atoms with E-state index in [1.165, 1.54) is 0 Å². The van der Waals surface area contributed by atoms with Crippen LogP contribution in [0.2, 0.25) is 5.02 Å². The van der Waals surface area contributed by atoms with Gasteiger partial charge in [-0.1, -0.05) is 35.9 Å². The van der Waals surface area contributed by atoms with Crippen molar-refractivity contribution in [2.45, 2.75) is 19.8 Å². The van der Waals surface area contributed by atoms with E-state index in [4.69, 9.17) is 11.6 Å². The summed E-state index contributed by atoms with van der Waals surface area (Å²) in [5.74, 6) is -0.0190. The van der Waals surface area contributed by atoms with Gasteiger partial charge in [0.1, 0.15) is 0 Å². The lowest BCUT2D eigenvalue weighted by atomic mass is 10.1. The first kappa shape index (κ1) is 15.1. The Morgan fingerprint density at radius 1 is 1.25 bits per heavy atom. The molecule has 0 unspecified atom stereocenters. The van der Waals surface area contributed by atoms with Gasteiger partial charge in [0.2, 0.25) is 5.91 Å². The van der Waals surface area contributed by atoms with Crippen LogP contribution in [0.15, 0.2) is 46.9 Å². The molecule has 2 aromatic rings. The lowest BCUT2D eigenvalue weighted by Crippen LogP contribution is -2.12. The van der Waals surface area contributed by atoms with E-state index in [0.29, 0.717) is 17.9 Å². The smallest absolute Gasteiger partial charge is 0.224 e. The molecule has 0 bridgehead atoms. The van der Waals surface area contributed by atoms with Crippen molar-refractivity contribution >= 4 is 39.1 Å². The summed E-state index contributed by atoms with van der Waals surface area (Å²) in [4.78, 5) is 12.0. The fourth-order valence-corrected chi connectivity index (χ4v) is 2.71. The average molecular weight is 353 g/mol. The largest absolute Gasteiger partial charge is 0.325 e. The molecular formula is C16H15BrClNO. The van der Waals surface area contributed by atoms with Crippen molar-refractivity contribution in [3.05, 3.63) is 63.1 Å². The number of carbonyl (C=O) groups is 1. The third kappa shape index (κ3) is 4.09. The zero-order valence-corrected chi connectivity index (χ0v) is 13.5. The third-order valence-electron chi connectivity index (χ3n) is 2.98. The molecule has 0 aliphatic rings. The van der Waals surface area contributed by atoms with Gasteiger partial charge in [0.15, 0.2) is 0 Å². The van der Waals surface area contributed by atoms with Gasteiger partial charge in [-0.3, -0.25) is 4.79 Å². The summed E-state index contributed by atoms with van der Waals surface area (Å²) in [5.41, 5.74) is 2.93. The lowest BCUT2D eigenvalue weighted by molar-refractivity contribution is -0.116. The van der Waals surface area contributed by atoms with Gasteiger partial charge in [0.05, 0.1) is 5.69 Å². The van der Waals surface area contributed by atoms with Crippen LogP contribution in [-0.2, 0) is 11.2 Å². The maximum atomic E-state index is 12.0. The van der Waals surface area contributed by atoms with Crippen LogP contribution in [0.3, 0.4) is 0 Å². The monoisotopic (exact) mass is 351 g/mol. The van der Waals surface area contributed by atoms with Gasteiger partial charge in [0, 0.05) is 15.9 Å². The highest BCUT2D eigenvalue weighted by atomic mass is 79.9. The van der Waals surface area contributed by atoms with E-state index in [0.717, 1.165) is 21.3 Å². The quantitative estimate of drug-likeness (QED) is 0.826. The van der Waals surface area contributed by atoms with Crippen LogP contribution in [0.4, 0.5) is 5.69 Å². The number of halogens is 2. The summed E-state index contributed by atoms with van der Waals surface area (Å²) in [6.07, 6.45) is 1.04. The lowest BCUT2D eigenvalue weighted by Gasteiger charge is -2.08. The van der Waals surface area contributed by atoms with E-state index in [-0.39, 0.29) is 5.91 Å². The summed E-state index contributed by atoms with van der Waals surface area (Å²) in [6.45, 7) is 2.01. The zero-order chi connectivity index (χ0) is 14.5. The number of amides is 1. The van der Waals surface area contributed by atoms with Crippen molar-refractivity contribution in [3.8, 4) is 0 Å². The molecule has 0 fully saturated rings. The van der Waals surface area contributed by atoms with Gasteiger partial charge in [-0.05, 0) is 58.6 Å². The SMILES string of the molecule is Cc1ccc(NC(=O)CCc2ccccc2Cl)c(Br)c1. The van der Waals surface area contributed by atoms with Crippen molar-refractivity contribution in [2.24, 2.45) is 0 Å². The molecule has 1 N–H and O–H groups in total. The average Bonchev–Trinajstić information content (AvgIpc) is 2.41. The predicted octanol–water partition coefficient (Wildman–Crippen LogP) is 4.98. The number of nitrogens with one attached hydrogen (secondary N) is 1. The van der Waals surface area contributed by atoms with Gasteiger partial charge >= 0.3 is 0 Å². The minimum Gasteiger partial charge on any atom is -0.325 e. The van der Waals surface area contributed by atoms with Crippen molar-refractivity contribution in [1.29, 1.82) is 0 Å². The third-order valence-corrected chi connectivity index (χ3v) is 4.00. The number of hydrogen-bond acceptors (Lipinski definition) is 1. The molecule has 2 aromatic carbocycles. The van der Waals surface area contributed by atoms with Crippen LogP contribution in [0, 0.1) is 6.92 Å². The number of hydrogen-bond donors (Lipinski definition) is 1. The molecule has 104 valence electrons. The summed E-state index contributed by atoms with van der Waals surface area (Å²) >= 11 is 9.52. The van der Waals surface area contributed by atoms with Gasteiger partial charge in [-0.25, -0.2) is 0 Å². The number of rotatable bonds is 4. The Labute approximate surface area is 132 Å². The van der Waals surface area contributed by atoms with E-state index in [1.807, 2.05) is 49.4 Å². The van der Waals surface area contributed by atoms with Gasteiger partial charge in [-0.2, -0.15) is 0 Å². The Morgan fingerprint density at radius 2 is 2.00 bits per heavy atom. The van der Waals surface area contributed by atoms with Crippen molar-refractivity contribution < 1.29 is 4.79 Å². The highest BCUT2D eigenvalue weighted by molar-refractivity contribution is 9.10. The zero-order valence-electron chi connectivity index (χ0n) is 11.1. The molecule has 0 heterocycles. The fourth-order valence-electron chi connectivity index (χ4n) is 1.88. The van der Waals surface area contributed by atoms with Gasteiger partial charge < -0.3 is 5.32 Å². The maximum absolute atomic E-state index is 12.0. The number of anilines is 1. The topological polar surface area (TPSA) is 29.1 Å². The minimum atomic E-state index is -0.0190. The molecule has 0 saturated carbocycles. The van der Waals surface area contributed by atoms with Crippen molar-refractivity contribution in [1.82, 2.24) is 0 Å². The molecule has 0 radical (unpaired) electrons. The van der Waals surface area contributed by atoms with Crippen molar-refractivity contribution in [2.75, 3.05) is 5.32 Å². The molecule has 0 saturated heterocycles. The Kier molecular flexibility index (Phi) is 5.21. The number of carbonyl (C=O) groups excluding carboxylic acids is 1. The normalized spacial score (nSPS) is 10.3. The van der Waals surface area contributed by atoms with E-state index < -0.39 is 0 Å². The summed E-state index contributed by atoms with van der Waals surface area (Å²) in [5, 5.41) is 3.60. The molecule has 4 heteroatoms. The second-order valence-corrected chi connectivity index (χ2v) is 5.88. The Hall–Kier alpha value is -1.32. The van der Waals surface area contributed by atoms with Crippen LogP contribution >= 0.6 is 27.5 Å². The number of aryl methyl sites for hydroxylation is 2. The van der Waals surface area contributed by atoms with E-state index in [2.05, 4.69) is 21.2 Å². The van der Waals surface area contributed by atoms with E-state index >= 15 is 0 Å². The maximum Gasteiger partial charge on any atom is 0.224 e. The fraction of sp³-hybridized carbons (Fsp3) is 0.188. The van der Waals surface area contributed by atoms with E-state index in [9.17, 15) is 4.79 Å². The van der Waals surface area contributed by atoms with Crippen LogP contribution in [0.1, 0.15) is 17.5 Å². The molecule has 20 heavy (non-hydrogen) atoms. The highest BCUT2D eigenvalue weighted by Gasteiger charge is 2.07. The Morgan fingerprint density at radius 3 is 2.70 bits per heavy atom. The van der Waals surface area contributed by atoms with Gasteiger partial charge in [0.25, 0.3) is 0 Å². The molecule has 0 aliphatic carbocycles. The van der Waals surface area contributed by atoms with Gasteiger partial charge in [-0.15, -0.1) is 0 Å². The predicted molar refractivity (Wildman–Crippen MR) is 87.3 cm³/mol. The second kappa shape index (κ2) is 6.91. The first-order valence-corrected chi connectivity index (χ1v) is 7.53. The molecular weight excluding hydrogens is 338 g/mol. The summed E-state index contributed by atoms with van der Waals surface area (Å²) < 4.78 is 0.892.